The lowest BCUT2D eigenvalue weighted by atomic mass is 9.87. The van der Waals surface area contributed by atoms with E-state index in [0.717, 1.165) is 44.0 Å². The van der Waals surface area contributed by atoms with E-state index in [9.17, 15) is 13.2 Å². The summed E-state index contributed by atoms with van der Waals surface area (Å²) in [6, 6.07) is 6.70. The number of unbranched alkanes of at least 4 members (excludes halogenated alkanes) is 5. The van der Waals surface area contributed by atoms with Crippen molar-refractivity contribution < 1.29 is 13.2 Å². The van der Waals surface area contributed by atoms with E-state index in [0.29, 0.717) is 11.7 Å². The zero-order valence-electron chi connectivity index (χ0n) is 20.4. The number of anilines is 1. The van der Waals surface area contributed by atoms with Crippen LogP contribution in [0.1, 0.15) is 89.0 Å². The molecule has 0 saturated heterocycles. The molecule has 0 spiro atoms. The summed E-state index contributed by atoms with van der Waals surface area (Å²) in [6.07, 6.45) is 15.7. The van der Waals surface area contributed by atoms with Crippen molar-refractivity contribution in [3.8, 4) is 0 Å². The van der Waals surface area contributed by atoms with Gasteiger partial charge in [0.05, 0.1) is 15.8 Å². The number of sulfone groups is 1. The van der Waals surface area contributed by atoms with Gasteiger partial charge in [-0.05, 0) is 36.5 Å². The Morgan fingerprint density at radius 3 is 2.53 bits per heavy atom. The topological polar surface area (TPSA) is 81.1 Å². The summed E-state index contributed by atoms with van der Waals surface area (Å²) in [6.45, 7) is 3.06. The maximum atomic E-state index is 13.3. The van der Waals surface area contributed by atoms with Crippen LogP contribution in [0.25, 0.3) is 0 Å². The lowest BCUT2D eigenvalue weighted by molar-refractivity contribution is -0.118. The zero-order chi connectivity index (χ0) is 24.6. The van der Waals surface area contributed by atoms with Crippen molar-refractivity contribution in [2.24, 2.45) is 5.92 Å². The van der Waals surface area contributed by atoms with Gasteiger partial charge in [-0.1, -0.05) is 82.4 Å². The second kappa shape index (κ2) is 12.7. The molecule has 0 bridgehead atoms. The number of nitrogens with one attached hydrogen (secondary N) is 1. The highest BCUT2D eigenvalue weighted by molar-refractivity contribution is 7.90. The normalized spacial score (nSPS) is 15.5. The van der Waals surface area contributed by atoms with Gasteiger partial charge in [0.1, 0.15) is 0 Å². The average Bonchev–Trinajstić information content (AvgIpc) is 3.45. The van der Waals surface area contributed by atoms with E-state index in [1.165, 1.54) is 51.0 Å². The molecule has 0 radical (unpaired) electrons. The smallest absolute Gasteiger partial charge is 0.233 e. The molecule has 188 valence electrons. The molecule has 1 fully saturated rings. The van der Waals surface area contributed by atoms with E-state index in [-0.39, 0.29) is 15.8 Å². The zero-order valence-corrected chi connectivity index (χ0v) is 22.0. The number of amides is 1. The lowest BCUT2D eigenvalue weighted by Gasteiger charge is -2.21. The van der Waals surface area contributed by atoms with Crippen molar-refractivity contribution in [2.75, 3.05) is 11.6 Å². The quantitative estimate of drug-likeness (QED) is 0.309. The molecule has 34 heavy (non-hydrogen) atoms. The fourth-order valence-electron chi connectivity index (χ4n) is 4.83. The highest BCUT2D eigenvalue weighted by Gasteiger charge is 2.28. The van der Waals surface area contributed by atoms with Crippen molar-refractivity contribution >= 4 is 33.2 Å². The number of carbonyl (C=O) groups is 1. The minimum atomic E-state index is -3.42. The molecule has 1 aromatic heterocycles. The lowest BCUT2D eigenvalue weighted by Crippen LogP contribution is -2.23. The second-order valence-corrected chi connectivity index (χ2v) is 12.0. The number of rotatable bonds is 13. The molecular formula is C26H38ClN3O3S. The van der Waals surface area contributed by atoms with E-state index >= 15 is 0 Å². The van der Waals surface area contributed by atoms with Gasteiger partial charge in [-0.15, -0.1) is 0 Å². The van der Waals surface area contributed by atoms with Crippen LogP contribution in [0.2, 0.25) is 5.02 Å². The highest BCUT2D eigenvalue weighted by Crippen LogP contribution is 2.36. The number of carbonyl (C=O) groups excluding carboxylic acids is 1. The van der Waals surface area contributed by atoms with E-state index in [2.05, 4.69) is 17.3 Å². The molecule has 1 aliphatic carbocycles. The summed E-state index contributed by atoms with van der Waals surface area (Å²) in [7, 11) is -3.42. The number of hydrogen-bond donors (Lipinski definition) is 1. The fourth-order valence-corrected chi connectivity index (χ4v) is 6.17. The summed E-state index contributed by atoms with van der Waals surface area (Å²) in [5, 5.41) is 7.68. The molecule has 1 atom stereocenters. The second-order valence-electron chi connectivity index (χ2n) is 9.62. The molecule has 6 nitrogen and oxygen atoms in total. The van der Waals surface area contributed by atoms with Gasteiger partial charge in [0.2, 0.25) is 5.91 Å². The maximum absolute atomic E-state index is 13.3. The monoisotopic (exact) mass is 507 g/mol. The predicted octanol–water partition coefficient (Wildman–Crippen LogP) is 6.60. The van der Waals surface area contributed by atoms with Gasteiger partial charge in [-0.25, -0.2) is 8.42 Å². The van der Waals surface area contributed by atoms with Crippen molar-refractivity contribution in [2.45, 2.75) is 94.9 Å². The van der Waals surface area contributed by atoms with Gasteiger partial charge in [0, 0.05) is 25.1 Å². The van der Waals surface area contributed by atoms with Gasteiger partial charge in [-0.3, -0.25) is 9.48 Å². The molecule has 3 rings (SSSR count). The summed E-state index contributed by atoms with van der Waals surface area (Å²) >= 11 is 6.30. The van der Waals surface area contributed by atoms with E-state index in [1.54, 1.807) is 12.1 Å². The van der Waals surface area contributed by atoms with Crippen molar-refractivity contribution in [1.29, 1.82) is 0 Å². The molecule has 1 heterocycles. The number of benzene rings is 1. The van der Waals surface area contributed by atoms with Crippen LogP contribution in [0.15, 0.2) is 35.4 Å². The Morgan fingerprint density at radius 1 is 1.15 bits per heavy atom. The van der Waals surface area contributed by atoms with E-state index in [1.807, 2.05) is 16.9 Å². The van der Waals surface area contributed by atoms with Gasteiger partial charge < -0.3 is 5.32 Å². The number of hydrogen-bond acceptors (Lipinski definition) is 4. The first-order valence-electron chi connectivity index (χ1n) is 12.6. The van der Waals surface area contributed by atoms with Crippen LogP contribution >= 0.6 is 11.6 Å². The first kappa shape index (κ1) is 26.7. The Kier molecular flexibility index (Phi) is 10.0. The van der Waals surface area contributed by atoms with E-state index in [4.69, 9.17) is 11.6 Å². The summed E-state index contributed by atoms with van der Waals surface area (Å²) < 4.78 is 25.8. The third-order valence-electron chi connectivity index (χ3n) is 6.75. The number of nitrogens with zero attached hydrogens (tertiary/aromatic N) is 2. The van der Waals surface area contributed by atoms with Crippen LogP contribution in [0, 0.1) is 5.92 Å². The molecule has 1 aromatic carbocycles. The standard InChI is InChI=1S/C26H38ClN3O3S/c1-3-4-5-6-7-10-16-30-17-15-25(29-30)28-26(31)22(18-20-11-8-9-12-20)21-13-14-24(23(27)19-21)34(2,32)33/h13-15,17,19-20,22H,3-12,16,18H2,1-2H3,(H,28,29,31)/t22-/m1/s1. The van der Waals surface area contributed by atoms with Crippen molar-refractivity contribution in [1.82, 2.24) is 9.78 Å². The van der Waals surface area contributed by atoms with Crippen LogP contribution in [-0.4, -0.2) is 30.4 Å². The van der Waals surface area contributed by atoms with Crippen molar-refractivity contribution in [3.05, 3.63) is 41.0 Å². The van der Waals surface area contributed by atoms with E-state index < -0.39 is 15.8 Å². The molecule has 8 heteroatoms. The van der Waals surface area contributed by atoms with Crippen LogP contribution in [-0.2, 0) is 21.2 Å². The number of aryl methyl sites for hydroxylation is 1. The van der Waals surface area contributed by atoms with Crippen molar-refractivity contribution in [3.63, 3.8) is 0 Å². The van der Waals surface area contributed by atoms with Gasteiger partial charge >= 0.3 is 0 Å². The summed E-state index contributed by atoms with van der Waals surface area (Å²) in [5.41, 5.74) is 0.744. The Balaban J connectivity index is 1.67. The number of aromatic nitrogens is 2. The van der Waals surface area contributed by atoms with Gasteiger partial charge in [0.25, 0.3) is 0 Å². The van der Waals surface area contributed by atoms with Crippen LogP contribution < -0.4 is 5.32 Å². The molecule has 1 N–H and O–H groups in total. The molecule has 1 aliphatic rings. The maximum Gasteiger partial charge on any atom is 0.233 e. The third kappa shape index (κ3) is 7.84. The minimum Gasteiger partial charge on any atom is -0.309 e. The molecule has 1 saturated carbocycles. The van der Waals surface area contributed by atoms with Crippen LogP contribution in [0.5, 0.6) is 0 Å². The molecule has 2 aromatic rings. The average molecular weight is 508 g/mol. The third-order valence-corrected chi connectivity index (χ3v) is 8.33. The van der Waals surface area contributed by atoms with Gasteiger partial charge in [0.15, 0.2) is 15.7 Å². The Morgan fingerprint density at radius 2 is 1.85 bits per heavy atom. The molecule has 1 amide bonds. The summed E-state index contributed by atoms with van der Waals surface area (Å²) in [5.74, 6) is 0.499. The van der Waals surface area contributed by atoms with Crippen LogP contribution in [0.3, 0.4) is 0 Å². The first-order valence-corrected chi connectivity index (χ1v) is 14.9. The highest BCUT2D eigenvalue weighted by atomic mass is 35.5. The SMILES string of the molecule is CCCCCCCCn1ccc(NC(=O)[C@H](CC2CCCC2)c2ccc(S(C)(=O)=O)c(Cl)c2)n1. The first-order chi connectivity index (χ1) is 16.3. The van der Waals surface area contributed by atoms with Crippen LogP contribution in [0.4, 0.5) is 5.82 Å². The largest absolute Gasteiger partial charge is 0.309 e. The Hall–Kier alpha value is -1.86. The molecule has 0 unspecified atom stereocenters. The Bertz CT molecular complexity index is 1050. The predicted molar refractivity (Wildman–Crippen MR) is 138 cm³/mol. The number of halogens is 1. The molecular weight excluding hydrogens is 470 g/mol. The minimum absolute atomic E-state index is 0.0892. The fraction of sp³-hybridized carbons (Fsp3) is 0.615. The molecule has 0 aliphatic heterocycles. The Labute approximate surface area is 209 Å². The van der Waals surface area contributed by atoms with Gasteiger partial charge in [-0.2, -0.15) is 5.10 Å². The summed E-state index contributed by atoms with van der Waals surface area (Å²) in [4.78, 5) is 13.4.